The molecule has 44 heavy (non-hydrogen) atoms. The molecule has 1 fully saturated rings. The average molecular weight is 643 g/mol. The maximum Gasteiger partial charge on any atom is 0.471 e. The molecular formula is C28H31F5N6O4S. The van der Waals surface area contributed by atoms with Crippen LogP contribution in [-0.2, 0) is 16.6 Å². The fourth-order valence-electron chi connectivity index (χ4n) is 4.96. The Morgan fingerprint density at radius 1 is 1.02 bits per heavy atom. The Hall–Kier alpha value is -4.08. The SMILES string of the molecule is Cn1ncc(NC(=O)c2nc(-c3c(F)cccc3F)sc2NC(=O)OC(C)(C)C)c1C1CCCC(NC(=O)C(F)(F)F)CC1. The van der Waals surface area contributed by atoms with Crippen LogP contribution >= 0.6 is 11.3 Å². The second-order valence-corrected chi connectivity index (χ2v) is 12.3. The molecule has 10 nitrogen and oxygen atoms in total. The van der Waals surface area contributed by atoms with Crippen molar-refractivity contribution in [1.29, 1.82) is 0 Å². The zero-order valence-corrected chi connectivity index (χ0v) is 25.1. The number of aromatic nitrogens is 3. The molecule has 3 N–H and O–H groups in total. The summed E-state index contributed by atoms with van der Waals surface area (Å²) in [7, 11) is 1.65. The number of rotatable bonds is 6. The first kappa shape index (κ1) is 32.8. The highest BCUT2D eigenvalue weighted by molar-refractivity contribution is 7.19. The molecule has 0 saturated heterocycles. The van der Waals surface area contributed by atoms with Crippen LogP contribution in [0.4, 0.5) is 37.4 Å². The van der Waals surface area contributed by atoms with E-state index in [1.807, 2.05) is 5.32 Å². The number of benzene rings is 1. The van der Waals surface area contributed by atoms with E-state index in [0.717, 1.165) is 12.1 Å². The Labute approximate surface area is 253 Å². The highest BCUT2D eigenvalue weighted by atomic mass is 32.1. The summed E-state index contributed by atoms with van der Waals surface area (Å²) in [5, 5.41) is 11.1. The second kappa shape index (κ2) is 12.9. The van der Waals surface area contributed by atoms with Crippen LogP contribution in [0.25, 0.3) is 10.6 Å². The molecule has 0 aliphatic heterocycles. The van der Waals surface area contributed by atoms with Crippen molar-refractivity contribution in [2.75, 3.05) is 10.6 Å². The largest absolute Gasteiger partial charge is 0.471 e. The van der Waals surface area contributed by atoms with E-state index >= 15 is 0 Å². The summed E-state index contributed by atoms with van der Waals surface area (Å²) in [5.41, 5.74) is -0.802. The molecule has 0 bridgehead atoms. The predicted octanol–water partition coefficient (Wildman–Crippen LogP) is 6.52. The minimum absolute atomic E-state index is 0.113. The lowest BCUT2D eigenvalue weighted by atomic mass is 9.95. The number of ether oxygens (including phenoxy) is 1. The number of alkyl halides is 3. The smallest absolute Gasteiger partial charge is 0.444 e. The molecule has 2 heterocycles. The predicted molar refractivity (Wildman–Crippen MR) is 152 cm³/mol. The number of nitrogens with one attached hydrogen (secondary N) is 3. The Morgan fingerprint density at radius 2 is 1.70 bits per heavy atom. The van der Waals surface area contributed by atoms with Crippen molar-refractivity contribution in [3.8, 4) is 10.6 Å². The number of thiazole rings is 1. The number of hydrogen-bond donors (Lipinski definition) is 3. The van der Waals surface area contributed by atoms with Crippen molar-refractivity contribution >= 4 is 39.9 Å². The van der Waals surface area contributed by atoms with Gasteiger partial charge in [0.2, 0.25) is 0 Å². The fourth-order valence-corrected chi connectivity index (χ4v) is 5.96. The first-order valence-corrected chi connectivity index (χ1v) is 14.5. The summed E-state index contributed by atoms with van der Waals surface area (Å²) >= 11 is 0.682. The molecule has 3 aromatic rings. The lowest BCUT2D eigenvalue weighted by molar-refractivity contribution is -0.174. The van der Waals surface area contributed by atoms with Crippen LogP contribution in [0.1, 0.15) is 75.0 Å². The first-order chi connectivity index (χ1) is 20.5. The Balaban J connectivity index is 1.59. The maximum atomic E-state index is 14.6. The van der Waals surface area contributed by atoms with Gasteiger partial charge in [0.25, 0.3) is 5.91 Å². The van der Waals surface area contributed by atoms with Crippen molar-refractivity contribution in [3.63, 3.8) is 0 Å². The summed E-state index contributed by atoms with van der Waals surface area (Å²) < 4.78 is 74.2. The van der Waals surface area contributed by atoms with Crippen molar-refractivity contribution in [3.05, 3.63) is 47.4 Å². The third-order valence-electron chi connectivity index (χ3n) is 6.81. The third-order valence-corrected chi connectivity index (χ3v) is 7.80. The molecule has 2 aromatic heterocycles. The fraction of sp³-hybridized carbons (Fsp3) is 0.464. The second-order valence-electron chi connectivity index (χ2n) is 11.3. The van der Waals surface area contributed by atoms with Crippen LogP contribution in [-0.4, -0.2) is 50.5 Å². The van der Waals surface area contributed by atoms with Crippen LogP contribution in [0.5, 0.6) is 0 Å². The summed E-state index contributed by atoms with van der Waals surface area (Å²) in [4.78, 5) is 41.7. The van der Waals surface area contributed by atoms with Gasteiger partial charge in [-0.25, -0.2) is 18.6 Å². The molecule has 3 amide bonds. The van der Waals surface area contributed by atoms with Gasteiger partial charge in [0, 0.05) is 19.0 Å². The summed E-state index contributed by atoms with van der Waals surface area (Å²) in [6, 6.07) is 2.59. The van der Waals surface area contributed by atoms with Gasteiger partial charge in [-0.1, -0.05) is 23.8 Å². The van der Waals surface area contributed by atoms with Crippen LogP contribution < -0.4 is 16.0 Å². The van der Waals surface area contributed by atoms with E-state index < -0.39 is 52.9 Å². The lowest BCUT2D eigenvalue weighted by Gasteiger charge is -2.19. The van der Waals surface area contributed by atoms with E-state index in [2.05, 4.69) is 20.7 Å². The number of hydrogen-bond acceptors (Lipinski definition) is 7. The molecule has 4 rings (SSSR count). The van der Waals surface area contributed by atoms with Gasteiger partial charge in [-0.15, -0.1) is 0 Å². The zero-order valence-electron chi connectivity index (χ0n) is 24.3. The number of amides is 3. The Kier molecular flexibility index (Phi) is 9.61. The molecular weight excluding hydrogens is 611 g/mol. The summed E-state index contributed by atoms with van der Waals surface area (Å²) in [6.07, 6.45) is -2.39. The van der Waals surface area contributed by atoms with Gasteiger partial charge < -0.3 is 15.4 Å². The van der Waals surface area contributed by atoms with Crippen molar-refractivity contribution in [1.82, 2.24) is 20.1 Å². The topological polar surface area (TPSA) is 127 Å². The number of carbonyl (C=O) groups is 3. The number of carbonyl (C=O) groups excluding carboxylic acids is 3. The molecule has 1 aliphatic rings. The Morgan fingerprint density at radius 3 is 2.34 bits per heavy atom. The van der Waals surface area contributed by atoms with E-state index in [1.165, 1.54) is 16.9 Å². The van der Waals surface area contributed by atoms with Crippen molar-refractivity contribution in [2.45, 2.75) is 76.6 Å². The summed E-state index contributed by atoms with van der Waals surface area (Å²) in [5.74, 6) is -4.84. The first-order valence-electron chi connectivity index (χ1n) is 13.7. The van der Waals surface area contributed by atoms with E-state index in [9.17, 15) is 36.3 Å². The minimum Gasteiger partial charge on any atom is -0.444 e. The van der Waals surface area contributed by atoms with Gasteiger partial charge in [-0.3, -0.25) is 19.6 Å². The normalized spacial score (nSPS) is 17.5. The zero-order chi connectivity index (χ0) is 32.4. The monoisotopic (exact) mass is 642 g/mol. The van der Waals surface area contributed by atoms with Gasteiger partial charge >= 0.3 is 18.2 Å². The molecule has 16 heteroatoms. The molecule has 0 radical (unpaired) electrons. The molecule has 1 saturated carbocycles. The van der Waals surface area contributed by atoms with Crippen LogP contribution in [0.3, 0.4) is 0 Å². The highest BCUT2D eigenvalue weighted by Crippen LogP contribution is 2.38. The van der Waals surface area contributed by atoms with Crippen molar-refractivity contribution < 1.29 is 41.1 Å². The van der Waals surface area contributed by atoms with Gasteiger partial charge in [-0.05, 0) is 58.6 Å². The number of nitrogens with zero attached hydrogens (tertiary/aromatic N) is 3. The standard InChI is InChI=1S/C28H31F5N6O4S/c1-27(2,3)43-26(42)38-24-20(37-23(44-24)19-16(29)9-6-10-17(19)30)22(40)36-18-13-34-39(4)21(18)14-7-5-8-15(12-11-14)35-25(41)28(31,32)33/h6,9-10,13-15H,5,7-8,11-12H2,1-4H3,(H,35,41)(H,36,40)(H,38,42). The van der Waals surface area contributed by atoms with Gasteiger partial charge in [0.05, 0.1) is 23.1 Å². The molecule has 2 atom stereocenters. The number of anilines is 2. The molecule has 0 spiro atoms. The minimum atomic E-state index is -4.98. The summed E-state index contributed by atoms with van der Waals surface area (Å²) in [6.45, 7) is 4.91. The quantitative estimate of drug-likeness (QED) is 0.208. The average Bonchev–Trinajstić information content (AvgIpc) is 3.38. The van der Waals surface area contributed by atoms with E-state index in [1.54, 1.807) is 27.8 Å². The molecule has 2 unspecified atom stereocenters. The molecule has 238 valence electrons. The van der Waals surface area contributed by atoms with Gasteiger partial charge in [-0.2, -0.15) is 18.3 Å². The number of halogens is 5. The van der Waals surface area contributed by atoms with E-state index in [-0.39, 0.29) is 33.7 Å². The van der Waals surface area contributed by atoms with Crippen LogP contribution in [0.15, 0.2) is 24.4 Å². The number of aryl methyl sites for hydroxylation is 1. The van der Waals surface area contributed by atoms with Crippen LogP contribution in [0.2, 0.25) is 0 Å². The van der Waals surface area contributed by atoms with E-state index in [0.29, 0.717) is 42.7 Å². The van der Waals surface area contributed by atoms with Gasteiger partial charge in [0.15, 0.2) is 5.69 Å². The Bertz CT molecular complexity index is 1530. The lowest BCUT2D eigenvalue weighted by Crippen LogP contribution is -2.42. The highest BCUT2D eigenvalue weighted by Gasteiger charge is 2.40. The van der Waals surface area contributed by atoms with Crippen LogP contribution in [0, 0.1) is 11.6 Å². The van der Waals surface area contributed by atoms with Gasteiger partial charge in [0.1, 0.15) is 27.2 Å². The molecule has 1 aliphatic carbocycles. The maximum absolute atomic E-state index is 14.6. The van der Waals surface area contributed by atoms with Crippen molar-refractivity contribution in [2.24, 2.45) is 7.05 Å². The third kappa shape index (κ3) is 7.89. The molecule has 1 aromatic carbocycles. The van der Waals surface area contributed by atoms with E-state index in [4.69, 9.17) is 4.74 Å².